The summed E-state index contributed by atoms with van der Waals surface area (Å²) >= 11 is 1.63. The second-order valence-electron chi connectivity index (χ2n) is 8.39. The van der Waals surface area contributed by atoms with Crippen molar-refractivity contribution in [1.82, 2.24) is 14.8 Å². The maximum Gasteiger partial charge on any atom is 0.271 e. The van der Waals surface area contributed by atoms with Crippen LogP contribution in [0.15, 0.2) is 47.8 Å². The van der Waals surface area contributed by atoms with Crippen LogP contribution >= 0.6 is 11.3 Å². The Morgan fingerprint density at radius 3 is 2.72 bits per heavy atom. The van der Waals surface area contributed by atoms with Gasteiger partial charge in [-0.15, -0.1) is 11.3 Å². The smallest absolute Gasteiger partial charge is 0.271 e. The summed E-state index contributed by atoms with van der Waals surface area (Å²) < 4.78 is 3.12. The van der Waals surface area contributed by atoms with E-state index in [9.17, 15) is 9.59 Å². The van der Waals surface area contributed by atoms with E-state index in [2.05, 4.69) is 5.32 Å². The third kappa shape index (κ3) is 3.06. The van der Waals surface area contributed by atoms with E-state index in [-0.39, 0.29) is 17.9 Å². The molecule has 150 valence electrons. The first-order chi connectivity index (χ1) is 14.1. The summed E-state index contributed by atoms with van der Waals surface area (Å²) in [5, 5.41) is 5.28. The summed E-state index contributed by atoms with van der Waals surface area (Å²) in [5.41, 5.74) is 1.81. The number of thiophene rings is 1. The molecule has 0 radical (unpaired) electrons. The van der Waals surface area contributed by atoms with Gasteiger partial charge >= 0.3 is 0 Å². The zero-order chi connectivity index (χ0) is 20.0. The molecule has 2 aliphatic rings. The van der Waals surface area contributed by atoms with Crippen LogP contribution in [0.3, 0.4) is 0 Å². The number of amides is 2. The molecule has 1 aliphatic heterocycles. The van der Waals surface area contributed by atoms with Crippen LogP contribution < -0.4 is 5.32 Å². The highest BCUT2D eigenvalue weighted by Gasteiger charge is 2.48. The van der Waals surface area contributed by atoms with E-state index in [1.807, 2.05) is 59.3 Å². The Balaban J connectivity index is 1.55. The van der Waals surface area contributed by atoms with Gasteiger partial charge in [0, 0.05) is 12.6 Å². The average Bonchev–Trinajstić information content (AvgIpc) is 3.45. The lowest BCUT2D eigenvalue weighted by Gasteiger charge is -2.44. The SMILES string of the molecule is C[C@]1(C(=O)NC2CCCC2)Cn2c(cc3sccc32)C(=O)N1Cc1ccccc1. The van der Waals surface area contributed by atoms with E-state index < -0.39 is 5.54 Å². The lowest BCUT2D eigenvalue weighted by molar-refractivity contribution is -0.133. The lowest BCUT2D eigenvalue weighted by atomic mass is 9.93. The van der Waals surface area contributed by atoms with Crippen LogP contribution in [0.1, 0.15) is 48.7 Å². The Morgan fingerprint density at radius 1 is 1.21 bits per heavy atom. The Kier molecular flexibility index (Phi) is 4.46. The quantitative estimate of drug-likeness (QED) is 0.706. The summed E-state index contributed by atoms with van der Waals surface area (Å²) in [6.45, 7) is 2.81. The van der Waals surface area contributed by atoms with Crippen molar-refractivity contribution in [2.24, 2.45) is 0 Å². The largest absolute Gasteiger partial charge is 0.351 e. The summed E-state index contributed by atoms with van der Waals surface area (Å²) in [4.78, 5) is 28.9. The fourth-order valence-electron chi connectivity index (χ4n) is 4.70. The Bertz CT molecular complexity index is 1060. The molecule has 1 saturated carbocycles. The number of aromatic nitrogens is 1. The molecule has 1 fully saturated rings. The van der Waals surface area contributed by atoms with Crippen molar-refractivity contribution >= 4 is 33.4 Å². The molecule has 3 heterocycles. The standard InChI is InChI=1S/C23H25N3O2S/c1-23(22(28)24-17-9-5-6-10-17)15-25-18-11-12-29-20(18)13-19(25)21(27)26(23)14-16-7-3-2-4-8-16/h2-4,7-8,11-13,17H,5-6,9-10,14-15H2,1H3,(H,24,28)/t23-/m1/s1. The number of carbonyl (C=O) groups is 2. The molecule has 6 heteroatoms. The molecule has 0 saturated heterocycles. The van der Waals surface area contributed by atoms with Gasteiger partial charge in [0.15, 0.2) is 0 Å². The summed E-state index contributed by atoms with van der Waals surface area (Å²) in [7, 11) is 0. The number of benzene rings is 1. The third-order valence-electron chi connectivity index (χ3n) is 6.41. The van der Waals surface area contributed by atoms with Crippen molar-refractivity contribution in [2.45, 2.75) is 57.3 Å². The van der Waals surface area contributed by atoms with Crippen LogP contribution in [0, 0.1) is 0 Å². The van der Waals surface area contributed by atoms with E-state index in [0.29, 0.717) is 18.8 Å². The predicted octanol–water partition coefficient (Wildman–Crippen LogP) is 4.18. The van der Waals surface area contributed by atoms with Crippen molar-refractivity contribution < 1.29 is 9.59 Å². The van der Waals surface area contributed by atoms with Crippen LogP contribution in [0.5, 0.6) is 0 Å². The van der Waals surface area contributed by atoms with Gasteiger partial charge in [-0.3, -0.25) is 9.59 Å². The Morgan fingerprint density at radius 2 is 1.97 bits per heavy atom. The minimum absolute atomic E-state index is 0.0450. The molecule has 29 heavy (non-hydrogen) atoms. The lowest BCUT2D eigenvalue weighted by Crippen LogP contribution is -2.64. The minimum atomic E-state index is -0.934. The van der Waals surface area contributed by atoms with Gasteiger partial charge in [-0.25, -0.2) is 0 Å². The fraction of sp³-hybridized carbons (Fsp3) is 0.391. The van der Waals surface area contributed by atoms with E-state index >= 15 is 0 Å². The second-order valence-corrected chi connectivity index (χ2v) is 9.34. The monoisotopic (exact) mass is 407 g/mol. The number of nitrogens with zero attached hydrogens (tertiary/aromatic N) is 2. The van der Waals surface area contributed by atoms with Crippen molar-refractivity contribution in [2.75, 3.05) is 0 Å². The maximum absolute atomic E-state index is 13.6. The van der Waals surface area contributed by atoms with Crippen LogP contribution in [0.4, 0.5) is 0 Å². The Hall–Kier alpha value is -2.60. The molecule has 3 aromatic rings. The number of hydrogen-bond acceptors (Lipinski definition) is 3. The first-order valence-corrected chi connectivity index (χ1v) is 11.2. The predicted molar refractivity (Wildman–Crippen MR) is 115 cm³/mol. The number of carbonyl (C=O) groups excluding carboxylic acids is 2. The molecule has 1 N–H and O–H groups in total. The number of rotatable bonds is 4. The first-order valence-electron chi connectivity index (χ1n) is 10.3. The maximum atomic E-state index is 13.6. The topological polar surface area (TPSA) is 54.3 Å². The van der Waals surface area contributed by atoms with Gasteiger partial charge in [-0.2, -0.15) is 0 Å². The summed E-state index contributed by atoms with van der Waals surface area (Å²) in [6, 6.07) is 14.2. The van der Waals surface area contributed by atoms with Crippen LogP contribution in [0.25, 0.3) is 10.2 Å². The van der Waals surface area contributed by atoms with E-state index in [4.69, 9.17) is 0 Å². The first kappa shape index (κ1) is 18.4. The highest BCUT2D eigenvalue weighted by Crippen LogP contribution is 2.35. The van der Waals surface area contributed by atoms with Gasteiger partial charge < -0.3 is 14.8 Å². The molecule has 0 unspecified atom stereocenters. The van der Waals surface area contributed by atoms with Crippen LogP contribution in [-0.2, 0) is 17.9 Å². The number of hydrogen-bond donors (Lipinski definition) is 1. The molecule has 1 aliphatic carbocycles. The molecule has 0 spiro atoms. The fourth-order valence-corrected chi connectivity index (χ4v) is 5.52. The second kappa shape index (κ2) is 7.02. The molecule has 2 aromatic heterocycles. The van der Waals surface area contributed by atoms with Gasteiger partial charge in [-0.05, 0) is 42.8 Å². The number of nitrogens with one attached hydrogen (secondary N) is 1. The van der Waals surface area contributed by atoms with Gasteiger partial charge in [0.1, 0.15) is 11.2 Å². The minimum Gasteiger partial charge on any atom is -0.351 e. The molecule has 1 atom stereocenters. The Labute approximate surface area is 174 Å². The van der Waals surface area contributed by atoms with Crippen LogP contribution in [0.2, 0.25) is 0 Å². The molecular formula is C23H25N3O2S. The summed E-state index contributed by atoms with van der Waals surface area (Å²) in [6.07, 6.45) is 4.37. The van der Waals surface area contributed by atoms with E-state index in [1.165, 1.54) is 0 Å². The van der Waals surface area contributed by atoms with Crippen molar-refractivity contribution in [3.05, 3.63) is 59.1 Å². The zero-order valence-corrected chi connectivity index (χ0v) is 17.4. The van der Waals surface area contributed by atoms with Crippen molar-refractivity contribution in [1.29, 1.82) is 0 Å². The van der Waals surface area contributed by atoms with E-state index in [1.54, 1.807) is 16.2 Å². The molecule has 5 nitrogen and oxygen atoms in total. The molecule has 1 aromatic carbocycles. The molecule has 0 bridgehead atoms. The van der Waals surface area contributed by atoms with Crippen molar-refractivity contribution in [3.8, 4) is 0 Å². The molecular weight excluding hydrogens is 382 g/mol. The van der Waals surface area contributed by atoms with Gasteiger partial charge in [0.2, 0.25) is 5.91 Å². The van der Waals surface area contributed by atoms with Gasteiger partial charge in [-0.1, -0.05) is 43.2 Å². The molecule has 5 rings (SSSR count). The van der Waals surface area contributed by atoms with Gasteiger partial charge in [0.05, 0.1) is 16.8 Å². The van der Waals surface area contributed by atoms with E-state index in [0.717, 1.165) is 41.5 Å². The zero-order valence-electron chi connectivity index (χ0n) is 16.6. The molecule has 2 amide bonds. The normalized spacial score (nSPS) is 22.2. The van der Waals surface area contributed by atoms with Gasteiger partial charge in [0.25, 0.3) is 5.91 Å². The number of fused-ring (bicyclic) bond motifs is 3. The summed E-state index contributed by atoms with van der Waals surface area (Å²) in [5.74, 6) is -0.121. The average molecular weight is 408 g/mol. The van der Waals surface area contributed by atoms with Crippen LogP contribution in [-0.4, -0.2) is 32.9 Å². The highest BCUT2D eigenvalue weighted by molar-refractivity contribution is 7.17. The highest BCUT2D eigenvalue weighted by atomic mass is 32.1. The third-order valence-corrected chi connectivity index (χ3v) is 7.26. The van der Waals surface area contributed by atoms with Crippen molar-refractivity contribution in [3.63, 3.8) is 0 Å².